The second-order valence-corrected chi connectivity index (χ2v) is 7.71. The van der Waals surface area contributed by atoms with Crippen molar-refractivity contribution >= 4 is 0 Å². The highest BCUT2D eigenvalue weighted by Crippen LogP contribution is 2.31. The summed E-state index contributed by atoms with van der Waals surface area (Å²) in [5.74, 6) is 0.683. The van der Waals surface area contributed by atoms with E-state index in [9.17, 15) is 0 Å². The Hall–Kier alpha value is -0.0800. The molecule has 0 amide bonds. The van der Waals surface area contributed by atoms with Crippen LogP contribution < -0.4 is 5.32 Å². The van der Waals surface area contributed by atoms with Gasteiger partial charge >= 0.3 is 0 Å². The first-order valence-corrected chi connectivity index (χ1v) is 7.04. The summed E-state index contributed by atoms with van der Waals surface area (Å²) in [4.78, 5) is 0. The van der Waals surface area contributed by atoms with Crippen LogP contribution in [-0.4, -0.2) is 24.8 Å². The van der Waals surface area contributed by atoms with Gasteiger partial charge in [0.1, 0.15) is 0 Å². The summed E-state index contributed by atoms with van der Waals surface area (Å²) in [7, 11) is 0. The van der Waals surface area contributed by atoms with Crippen LogP contribution in [-0.2, 0) is 4.74 Å². The zero-order valence-electron chi connectivity index (χ0n) is 12.6. The lowest BCUT2D eigenvalue weighted by atomic mass is 9.81. The van der Waals surface area contributed by atoms with Gasteiger partial charge in [0.2, 0.25) is 0 Å². The first kappa shape index (κ1) is 15.0. The molecule has 1 fully saturated rings. The Morgan fingerprint density at radius 2 is 1.76 bits per heavy atom. The van der Waals surface area contributed by atoms with Crippen molar-refractivity contribution in [2.24, 2.45) is 11.3 Å². The van der Waals surface area contributed by atoms with E-state index in [-0.39, 0.29) is 5.54 Å². The van der Waals surface area contributed by atoms with Crippen molar-refractivity contribution in [3.8, 4) is 0 Å². The first-order valence-electron chi connectivity index (χ1n) is 7.04. The largest absolute Gasteiger partial charge is 0.378 e. The molecular formula is C15H31NO. The van der Waals surface area contributed by atoms with Gasteiger partial charge in [-0.2, -0.15) is 0 Å². The maximum absolute atomic E-state index is 5.99. The molecule has 102 valence electrons. The van der Waals surface area contributed by atoms with Gasteiger partial charge in [-0.1, -0.05) is 20.8 Å². The molecule has 0 aliphatic carbocycles. The Balaban J connectivity index is 2.48. The summed E-state index contributed by atoms with van der Waals surface area (Å²) in [5, 5.41) is 3.63. The number of nitrogens with one attached hydrogen (secondary N) is 1. The summed E-state index contributed by atoms with van der Waals surface area (Å²) in [6.45, 7) is 15.6. The third-order valence-corrected chi connectivity index (χ3v) is 3.29. The average Bonchev–Trinajstić information content (AvgIpc) is 2.12. The molecule has 0 radical (unpaired) electrons. The van der Waals surface area contributed by atoms with Crippen molar-refractivity contribution in [3.05, 3.63) is 0 Å². The minimum absolute atomic E-state index is 0.212. The van der Waals surface area contributed by atoms with Crippen LogP contribution >= 0.6 is 0 Å². The summed E-state index contributed by atoms with van der Waals surface area (Å²) in [6, 6.07) is 0. The number of ether oxygens (including phenoxy) is 1. The van der Waals surface area contributed by atoms with E-state index >= 15 is 0 Å². The fourth-order valence-electron chi connectivity index (χ4n) is 2.40. The van der Waals surface area contributed by atoms with Crippen molar-refractivity contribution in [1.82, 2.24) is 5.32 Å². The zero-order chi connectivity index (χ0) is 13.1. The van der Waals surface area contributed by atoms with E-state index in [1.807, 2.05) is 0 Å². The average molecular weight is 241 g/mol. The van der Waals surface area contributed by atoms with E-state index in [2.05, 4.69) is 46.9 Å². The molecule has 1 N–H and O–H groups in total. The van der Waals surface area contributed by atoms with Gasteiger partial charge in [0.15, 0.2) is 0 Å². The van der Waals surface area contributed by atoms with Crippen LogP contribution in [0.5, 0.6) is 0 Å². The van der Waals surface area contributed by atoms with Crippen LogP contribution in [0.2, 0.25) is 0 Å². The van der Waals surface area contributed by atoms with E-state index < -0.39 is 0 Å². The van der Waals surface area contributed by atoms with Gasteiger partial charge in [0.05, 0.1) is 6.10 Å². The van der Waals surface area contributed by atoms with Crippen molar-refractivity contribution in [1.29, 1.82) is 0 Å². The molecule has 0 bridgehead atoms. The van der Waals surface area contributed by atoms with Gasteiger partial charge in [0, 0.05) is 18.7 Å². The molecular weight excluding hydrogens is 210 g/mol. The lowest BCUT2D eigenvalue weighted by molar-refractivity contribution is -0.0471. The van der Waals surface area contributed by atoms with Crippen LogP contribution in [0.3, 0.4) is 0 Å². The Kier molecular flexibility index (Phi) is 5.03. The quantitative estimate of drug-likeness (QED) is 0.815. The van der Waals surface area contributed by atoms with Gasteiger partial charge in [-0.25, -0.2) is 0 Å². The molecule has 17 heavy (non-hydrogen) atoms. The van der Waals surface area contributed by atoms with Crippen molar-refractivity contribution < 1.29 is 4.74 Å². The van der Waals surface area contributed by atoms with Gasteiger partial charge in [0.25, 0.3) is 0 Å². The monoisotopic (exact) mass is 241 g/mol. The molecule has 1 aliphatic rings. The predicted molar refractivity (Wildman–Crippen MR) is 74.3 cm³/mol. The maximum Gasteiger partial charge on any atom is 0.0620 e. The molecule has 0 aromatic carbocycles. The molecule has 1 aliphatic heterocycles. The van der Waals surface area contributed by atoms with Crippen molar-refractivity contribution in [3.63, 3.8) is 0 Å². The van der Waals surface area contributed by atoms with Crippen LogP contribution in [0.15, 0.2) is 0 Å². The smallest absolute Gasteiger partial charge is 0.0620 e. The zero-order valence-corrected chi connectivity index (χ0v) is 12.6. The topological polar surface area (TPSA) is 21.3 Å². The lowest BCUT2D eigenvalue weighted by Gasteiger charge is -2.37. The fourth-order valence-corrected chi connectivity index (χ4v) is 2.40. The van der Waals surface area contributed by atoms with Gasteiger partial charge in [-0.3, -0.25) is 0 Å². The Morgan fingerprint density at radius 3 is 2.29 bits per heavy atom. The summed E-state index contributed by atoms with van der Waals surface area (Å²) >= 11 is 0. The van der Waals surface area contributed by atoms with Gasteiger partial charge in [-0.15, -0.1) is 0 Å². The molecule has 2 heteroatoms. The second kappa shape index (κ2) is 5.71. The predicted octanol–water partition coefficient (Wildman–Crippen LogP) is 3.61. The Bertz CT molecular complexity index is 224. The van der Waals surface area contributed by atoms with E-state index in [0.29, 0.717) is 17.4 Å². The number of hydrogen-bond acceptors (Lipinski definition) is 2. The fraction of sp³-hybridized carbons (Fsp3) is 1.00. The highest BCUT2D eigenvalue weighted by atomic mass is 16.5. The molecule has 2 nitrogen and oxygen atoms in total. The molecule has 0 aromatic heterocycles. The first-order chi connectivity index (χ1) is 7.67. The SMILES string of the molecule is CC(C)(C)CC1OCCCC1CNC(C)(C)C. The summed E-state index contributed by atoms with van der Waals surface area (Å²) in [5.41, 5.74) is 0.575. The number of rotatable bonds is 3. The van der Waals surface area contributed by atoms with Crippen LogP contribution in [0.4, 0.5) is 0 Å². The Labute approximate surface area is 108 Å². The van der Waals surface area contributed by atoms with Gasteiger partial charge in [-0.05, 0) is 51.4 Å². The third-order valence-electron chi connectivity index (χ3n) is 3.29. The minimum Gasteiger partial charge on any atom is -0.378 e. The molecule has 0 saturated carbocycles. The van der Waals surface area contributed by atoms with E-state index in [1.54, 1.807) is 0 Å². The molecule has 2 unspecified atom stereocenters. The third kappa shape index (κ3) is 6.42. The summed E-state index contributed by atoms with van der Waals surface area (Å²) < 4.78 is 5.99. The molecule has 0 aromatic rings. The standard InChI is InChI=1S/C15H31NO/c1-14(2,3)10-13-12(8-7-9-17-13)11-16-15(4,5)6/h12-13,16H,7-11H2,1-6H3. The van der Waals surface area contributed by atoms with Crippen molar-refractivity contribution in [2.45, 2.75) is 72.4 Å². The molecule has 1 rings (SSSR count). The minimum atomic E-state index is 0.212. The van der Waals surface area contributed by atoms with E-state index in [1.165, 1.54) is 19.3 Å². The van der Waals surface area contributed by atoms with Crippen molar-refractivity contribution in [2.75, 3.05) is 13.2 Å². The molecule has 0 spiro atoms. The number of hydrogen-bond donors (Lipinski definition) is 1. The lowest BCUT2D eigenvalue weighted by Crippen LogP contribution is -2.44. The van der Waals surface area contributed by atoms with Crippen LogP contribution in [0.25, 0.3) is 0 Å². The second-order valence-electron chi connectivity index (χ2n) is 7.71. The van der Waals surface area contributed by atoms with Crippen LogP contribution in [0.1, 0.15) is 60.8 Å². The molecule has 2 atom stereocenters. The van der Waals surface area contributed by atoms with E-state index in [0.717, 1.165) is 13.2 Å². The highest BCUT2D eigenvalue weighted by Gasteiger charge is 2.30. The molecule has 1 saturated heterocycles. The van der Waals surface area contributed by atoms with Crippen LogP contribution in [0, 0.1) is 11.3 Å². The normalized spacial score (nSPS) is 27.2. The van der Waals surface area contributed by atoms with Gasteiger partial charge < -0.3 is 10.1 Å². The maximum atomic E-state index is 5.99. The highest BCUT2D eigenvalue weighted by molar-refractivity contribution is 4.83. The summed E-state index contributed by atoms with van der Waals surface area (Å²) in [6.07, 6.45) is 4.14. The Morgan fingerprint density at radius 1 is 1.12 bits per heavy atom. The van der Waals surface area contributed by atoms with E-state index in [4.69, 9.17) is 4.74 Å². The molecule has 1 heterocycles.